The Bertz CT molecular complexity index is 686. The fourth-order valence-corrected chi connectivity index (χ4v) is 3.01. The third-order valence-electron chi connectivity index (χ3n) is 4.33. The Labute approximate surface area is 148 Å². The van der Waals surface area contributed by atoms with E-state index in [2.05, 4.69) is 19.4 Å². The Morgan fingerprint density at radius 1 is 1.28 bits per heavy atom. The van der Waals surface area contributed by atoms with Crippen molar-refractivity contribution in [2.75, 3.05) is 33.9 Å². The highest BCUT2D eigenvalue weighted by Gasteiger charge is 2.23. The number of amides is 1. The van der Waals surface area contributed by atoms with E-state index in [-0.39, 0.29) is 12.5 Å². The number of nitrogens with zero attached hydrogens (tertiary/aromatic N) is 5. The van der Waals surface area contributed by atoms with Gasteiger partial charge in [0.05, 0.1) is 18.8 Å². The zero-order valence-corrected chi connectivity index (χ0v) is 14.8. The van der Waals surface area contributed by atoms with Gasteiger partial charge in [-0.05, 0) is 12.1 Å². The predicted molar refractivity (Wildman–Crippen MR) is 93.6 cm³/mol. The minimum atomic E-state index is -0.0118. The Morgan fingerprint density at radius 3 is 2.92 bits per heavy atom. The molecule has 1 atom stereocenters. The summed E-state index contributed by atoms with van der Waals surface area (Å²) in [5.74, 6) is 1.35. The van der Waals surface area contributed by atoms with Gasteiger partial charge in [-0.2, -0.15) is 0 Å². The van der Waals surface area contributed by atoms with Gasteiger partial charge in [0.2, 0.25) is 5.91 Å². The molecule has 134 valence electrons. The Kier molecular flexibility index (Phi) is 5.78. The minimum Gasteiger partial charge on any atom is -0.371 e. The molecular weight excluding hydrogens is 318 g/mol. The van der Waals surface area contributed by atoms with Crippen LogP contribution in [0.25, 0.3) is 0 Å². The predicted octanol–water partition coefficient (Wildman–Crippen LogP) is 1.01. The van der Waals surface area contributed by atoms with Crippen LogP contribution in [0, 0.1) is 5.92 Å². The number of carbonyl (C=O) groups is 1. The number of ether oxygens (including phenoxy) is 1. The van der Waals surface area contributed by atoms with Crippen molar-refractivity contribution in [3.05, 3.63) is 48.3 Å². The minimum absolute atomic E-state index is 0.0118. The van der Waals surface area contributed by atoms with Crippen molar-refractivity contribution in [3.8, 4) is 0 Å². The molecule has 0 fully saturated rings. The molecule has 1 aliphatic heterocycles. The van der Waals surface area contributed by atoms with Gasteiger partial charge in [-0.3, -0.25) is 14.7 Å². The summed E-state index contributed by atoms with van der Waals surface area (Å²) in [4.78, 5) is 24.5. The standard InChI is InChI=1S/C18H25N5O2/c1-21(2)18(24)14-25-13-15-9-22(11-16-5-3-4-6-19-16)12-17-20-7-8-23(17)10-15/h3-8,15H,9-14H2,1-2H3/t15-/m0/s1. The zero-order valence-electron chi connectivity index (χ0n) is 14.8. The van der Waals surface area contributed by atoms with Gasteiger partial charge in [0.1, 0.15) is 12.4 Å². The van der Waals surface area contributed by atoms with Crippen LogP contribution in [0.15, 0.2) is 36.8 Å². The maximum Gasteiger partial charge on any atom is 0.248 e. The lowest BCUT2D eigenvalue weighted by molar-refractivity contribution is -0.134. The average Bonchev–Trinajstić information content (AvgIpc) is 2.95. The molecule has 3 rings (SSSR count). The molecule has 0 saturated heterocycles. The summed E-state index contributed by atoms with van der Waals surface area (Å²) in [6.45, 7) is 3.98. The Hall–Kier alpha value is -2.25. The highest BCUT2D eigenvalue weighted by molar-refractivity contribution is 5.76. The van der Waals surface area contributed by atoms with Gasteiger partial charge in [-0.1, -0.05) is 6.07 Å². The number of carbonyl (C=O) groups excluding carboxylic acids is 1. The highest BCUT2D eigenvalue weighted by Crippen LogP contribution is 2.17. The van der Waals surface area contributed by atoms with Crippen LogP contribution in [0.3, 0.4) is 0 Å². The number of fused-ring (bicyclic) bond motifs is 1. The number of pyridine rings is 1. The number of hydrogen-bond acceptors (Lipinski definition) is 5. The monoisotopic (exact) mass is 343 g/mol. The van der Waals surface area contributed by atoms with Crippen molar-refractivity contribution < 1.29 is 9.53 Å². The summed E-state index contributed by atoms with van der Waals surface area (Å²) >= 11 is 0. The summed E-state index contributed by atoms with van der Waals surface area (Å²) in [7, 11) is 3.48. The zero-order chi connectivity index (χ0) is 17.6. The first-order chi connectivity index (χ1) is 12.1. The largest absolute Gasteiger partial charge is 0.371 e. The van der Waals surface area contributed by atoms with Crippen LogP contribution in [0.1, 0.15) is 11.5 Å². The molecule has 0 N–H and O–H groups in total. The first-order valence-electron chi connectivity index (χ1n) is 8.52. The topological polar surface area (TPSA) is 63.5 Å². The fourth-order valence-electron chi connectivity index (χ4n) is 3.01. The van der Waals surface area contributed by atoms with Gasteiger partial charge in [0, 0.05) is 58.2 Å². The van der Waals surface area contributed by atoms with Crippen molar-refractivity contribution in [1.82, 2.24) is 24.3 Å². The van der Waals surface area contributed by atoms with E-state index in [1.807, 2.05) is 36.8 Å². The van der Waals surface area contributed by atoms with Crippen LogP contribution in [0.2, 0.25) is 0 Å². The molecule has 7 heteroatoms. The van der Waals surface area contributed by atoms with E-state index >= 15 is 0 Å². The molecule has 0 aromatic carbocycles. The van der Waals surface area contributed by atoms with E-state index < -0.39 is 0 Å². The quantitative estimate of drug-likeness (QED) is 0.783. The molecule has 0 spiro atoms. The van der Waals surface area contributed by atoms with E-state index in [1.54, 1.807) is 19.0 Å². The number of rotatable bonds is 6. The van der Waals surface area contributed by atoms with E-state index in [4.69, 9.17) is 4.74 Å². The molecule has 0 unspecified atom stereocenters. The molecule has 0 bridgehead atoms. The third-order valence-corrected chi connectivity index (χ3v) is 4.33. The fraction of sp³-hybridized carbons (Fsp3) is 0.500. The molecule has 2 aromatic heterocycles. The van der Waals surface area contributed by atoms with E-state index in [1.165, 1.54) is 0 Å². The third kappa shape index (κ3) is 4.87. The molecule has 3 heterocycles. The van der Waals surface area contributed by atoms with Gasteiger partial charge >= 0.3 is 0 Å². The van der Waals surface area contributed by atoms with E-state index in [9.17, 15) is 4.79 Å². The normalized spacial score (nSPS) is 17.8. The van der Waals surface area contributed by atoms with Crippen LogP contribution < -0.4 is 0 Å². The second-order valence-corrected chi connectivity index (χ2v) is 6.66. The first kappa shape index (κ1) is 17.6. The second-order valence-electron chi connectivity index (χ2n) is 6.66. The Balaban J connectivity index is 1.63. The SMILES string of the molecule is CN(C)C(=O)COC[C@H]1CN(Cc2ccccn2)Cc2nccn2C1. The van der Waals surface area contributed by atoms with Crippen molar-refractivity contribution in [1.29, 1.82) is 0 Å². The molecule has 7 nitrogen and oxygen atoms in total. The molecule has 25 heavy (non-hydrogen) atoms. The molecule has 0 aliphatic carbocycles. The molecule has 0 saturated carbocycles. The maximum absolute atomic E-state index is 11.7. The smallest absolute Gasteiger partial charge is 0.248 e. The summed E-state index contributed by atoms with van der Waals surface area (Å²) in [5.41, 5.74) is 1.05. The molecule has 0 radical (unpaired) electrons. The van der Waals surface area contributed by atoms with Crippen LogP contribution >= 0.6 is 0 Å². The van der Waals surface area contributed by atoms with Crippen LogP contribution in [0.5, 0.6) is 0 Å². The number of imidazole rings is 1. The van der Waals surface area contributed by atoms with Gasteiger partial charge in [-0.25, -0.2) is 4.98 Å². The van der Waals surface area contributed by atoms with Crippen molar-refractivity contribution in [2.24, 2.45) is 5.92 Å². The van der Waals surface area contributed by atoms with Gasteiger partial charge < -0.3 is 14.2 Å². The van der Waals surface area contributed by atoms with Gasteiger partial charge in [-0.15, -0.1) is 0 Å². The average molecular weight is 343 g/mol. The summed E-state index contributed by atoms with van der Waals surface area (Å²) < 4.78 is 7.86. The molecule has 1 amide bonds. The molecule has 1 aliphatic rings. The maximum atomic E-state index is 11.7. The van der Waals surface area contributed by atoms with Crippen molar-refractivity contribution in [2.45, 2.75) is 19.6 Å². The lowest BCUT2D eigenvalue weighted by Gasteiger charge is -2.23. The Morgan fingerprint density at radius 2 is 2.16 bits per heavy atom. The number of aromatic nitrogens is 3. The van der Waals surface area contributed by atoms with E-state index in [0.717, 1.165) is 37.7 Å². The van der Waals surface area contributed by atoms with Crippen molar-refractivity contribution in [3.63, 3.8) is 0 Å². The summed E-state index contributed by atoms with van der Waals surface area (Å²) in [6.07, 6.45) is 5.67. The summed E-state index contributed by atoms with van der Waals surface area (Å²) in [6, 6.07) is 5.98. The second kappa shape index (κ2) is 8.22. The number of hydrogen-bond donors (Lipinski definition) is 0. The van der Waals surface area contributed by atoms with Gasteiger partial charge in [0.25, 0.3) is 0 Å². The van der Waals surface area contributed by atoms with Crippen LogP contribution in [0.4, 0.5) is 0 Å². The van der Waals surface area contributed by atoms with E-state index in [0.29, 0.717) is 12.5 Å². The van der Waals surface area contributed by atoms with Gasteiger partial charge in [0.15, 0.2) is 0 Å². The molecule has 2 aromatic rings. The lowest BCUT2D eigenvalue weighted by atomic mass is 10.1. The summed E-state index contributed by atoms with van der Waals surface area (Å²) in [5, 5.41) is 0. The van der Waals surface area contributed by atoms with Crippen LogP contribution in [-0.4, -0.2) is 64.1 Å². The number of likely N-dealkylation sites (N-methyl/N-ethyl adjacent to an activating group) is 1. The highest BCUT2D eigenvalue weighted by atomic mass is 16.5. The first-order valence-corrected chi connectivity index (χ1v) is 8.52. The van der Waals surface area contributed by atoms with Crippen molar-refractivity contribution >= 4 is 5.91 Å². The lowest BCUT2D eigenvalue weighted by Crippen LogP contribution is -2.32. The molecular formula is C18H25N5O2. The van der Waals surface area contributed by atoms with Crippen LogP contribution in [-0.2, 0) is 29.2 Å².